The van der Waals surface area contributed by atoms with E-state index in [-0.39, 0.29) is 17.6 Å². The lowest BCUT2D eigenvalue weighted by atomic mass is 9.93. The Morgan fingerprint density at radius 3 is 2.93 bits per heavy atom. The standard InChI is InChI=1S/C19H22N6O2/c1-23-12-9-20-19(23)18(27)14-5-4-10-24(13-14)17(26)8-11-25-16-7-3-2-6-15(16)21-22-25/h2-3,6-7,9,12,14H,4-5,8,10-11,13H2,1H3/t14-/m1/s1. The van der Waals surface area contributed by atoms with E-state index >= 15 is 0 Å². The van der Waals surface area contributed by atoms with Crippen LogP contribution in [0.5, 0.6) is 0 Å². The molecule has 3 heterocycles. The molecule has 0 spiro atoms. The van der Waals surface area contributed by atoms with E-state index in [2.05, 4.69) is 15.3 Å². The predicted molar refractivity (Wildman–Crippen MR) is 99.0 cm³/mol. The molecule has 1 aliphatic rings. The van der Waals surface area contributed by atoms with Crippen LogP contribution < -0.4 is 0 Å². The molecule has 0 N–H and O–H groups in total. The maximum absolute atomic E-state index is 12.7. The molecule has 1 aliphatic heterocycles. The molecule has 0 saturated carbocycles. The SMILES string of the molecule is Cn1ccnc1C(=O)[C@@H]1CCCN(C(=O)CCn2nnc3ccccc32)C1. The summed E-state index contributed by atoms with van der Waals surface area (Å²) >= 11 is 0. The maximum Gasteiger partial charge on any atom is 0.224 e. The molecule has 3 aromatic rings. The molecule has 27 heavy (non-hydrogen) atoms. The summed E-state index contributed by atoms with van der Waals surface area (Å²) in [6.45, 7) is 1.64. The number of imidazole rings is 1. The second-order valence-corrected chi connectivity index (χ2v) is 6.96. The Balaban J connectivity index is 1.38. The second kappa shape index (κ2) is 7.30. The lowest BCUT2D eigenvalue weighted by Gasteiger charge is -2.32. The number of Topliss-reactive ketones (excluding diaryl/α,β-unsaturated/α-hetero) is 1. The summed E-state index contributed by atoms with van der Waals surface area (Å²) in [7, 11) is 1.81. The van der Waals surface area contributed by atoms with Crippen LogP contribution in [0.4, 0.5) is 0 Å². The molecule has 0 radical (unpaired) electrons. The average molecular weight is 366 g/mol. The zero-order chi connectivity index (χ0) is 18.8. The van der Waals surface area contributed by atoms with E-state index in [1.54, 1.807) is 26.5 Å². The topological polar surface area (TPSA) is 85.9 Å². The highest BCUT2D eigenvalue weighted by Gasteiger charge is 2.30. The van der Waals surface area contributed by atoms with Gasteiger partial charge in [0, 0.05) is 44.9 Å². The van der Waals surface area contributed by atoms with Crippen molar-refractivity contribution < 1.29 is 9.59 Å². The van der Waals surface area contributed by atoms with Crippen LogP contribution in [0.15, 0.2) is 36.7 Å². The van der Waals surface area contributed by atoms with E-state index in [1.807, 2.05) is 31.3 Å². The number of hydrogen-bond donors (Lipinski definition) is 0. The Bertz CT molecular complexity index is 975. The Morgan fingerprint density at radius 2 is 2.11 bits per heavy atom. The number of aromatic nitrogens is 5. The molecule has 1 amide bonds. The summed E-state index contributed by atoms with van der Waals surface area (Å²) in [5.74, 6) is 0.341. The van der Waals surface area contributed by atoms with Gasteiger partial charge in [0.05, 0.1) is 12.1 Å². The molecule has 1 aromatic carbocycles. The van der Waals surface area contributed by atoms with Gasteiger partial charge in [0.2, 0.25) is 11.7 Å². The van der Waals surface area contributed by atoms with E-state index < -0.39 is 0 Å². The second-order valence-electron chi connectivity index (χ2n) is 6.96. The number of likely N-dealkylation sites (tertiary alicyclic amines) is 1. The average Bonchev–Trinajstić information content (AvgIpc) is 3.31. The number of fused-ring (bicyclic) bond motifs is 1. The van der Waals surface area contributed by atoms with Crippen molar-refractivity contribution in [1.29, 1.82) is 0 Å². The molecule has 4 rings (SSSR count). The van der Waals surface area contributed by atoms with Crippen LogP contribution in [-0.4, -0.2) is 54.2 Å². The lowest BCUT2D eigenvalue weighted by molar-refractivity contribution is -0.132. The number of amides is 1. The Hall–Kier alpha value is -3.03. The van der Waals surface area contributed by atoms with Gasteiger partial charge in [-0.25, -0.2) is 9.67 Å². The van der Waals surface area contributed by atoms with Crippen molar-refractivity contribution >= 4 is 22.7 Å². The molecular weight excluding hydrogens is 344 g/mol. The fourth-order valence-corrected chi connectivity index (χ4v) is 3.65. The predicted octanol–water partition coefficient (Wildman–Crippen LogP) is 1.68. The minimum atomic E-state index is -0.184. The zero-order valence-electron chi connectivity index (χ0n) is 15.3. The molecule has 0 unspecified atom stereocenters. The van der Waals surface area contributed by atoms with E-state index in [1.165, 1.54) is 0 Å². The number of para-hydroxylation sites is 1. The number of carbonyl (C=O) groups is 2. The fraction of sp³-hybridized carbons (Fsp3) is 0.421. The Labute approximate surface area is 156 Å². The third kappa shape index (κ3) is 3.47. The number of hydrogen-bond acceptors (Lipinski definition) is 5. The van der Waals surface area contributed by atoms with Crippen molar-refractivity contribution in [3.8, 4) is 0 Å². The van der Waals surface area contributed by atoms with Gasteiger partial charge in [0.15, 0.2) is 5.82 Å². The van der Waals surface area contributed by atoms with E-state index in [0.717, 1.165) is 23.9 Å². The van der Waals surface area contributed by atoms with Gasteiger partial charge in [-0.2, -0.15) is 0 Å². The molecule has 2 aromatic heterocycles. The first-order chi connectivity index (χ1) is 13.1. The monoisotopic (exact) mass is 366 g/mol. The van der Waals surface area contributed by atoms with Crippen molar-refractivity contribution in [3.05, 3.63) is 42.5 Å². The van der Waals surface area contributed by atoms with E-state index in [4.69, 9.17) is 0 Å². The van der Waals surface area contributed by atoms with Crippen LogP contribution in [0.2, 0.25) is 0 Å². The lowest BCUT2D eigenvalue weighted by Crippen LogP contribution is -2.43. The highest BCUT2D eigenvalue weighted by atomic mass is 16.2. The number of aryl methyl sites for hydroxylation is 2. The van der Waals surface area contributed by atoms with Gasteiger partial charge in [-0.15, -0.1) is 5.10 Å². The number of benzene rings is 1. The van der Waals surface area contributed by atoms with Crippen molar-refractivity contribution in [2.24, 2.45) is 13.0 Å². The minimum absolute atomic E-state index is 0.0160. The van der Waals surface area contributed by atoms with Crippen LogP contribution >= 0.6 is 0 Å². The van der Waals surface area contributed by atoms with Crippen molar-refractivity contribution in [1.82, 2.24) is 29.4 Å². The van der Waals surface area contributed by atoms with Crippen molar-refractivity contribution in [2.45, 2.75) is 25.8 Å². The summed E-state index contributed by atoms with van der Waals surface area (Å²) in [4.78, 5) is 31.3. The van der Waals surface area contributed by atoms with Gasteiger partial charge in [0.1, 0.15) is 5.52 Å². The summed E-state index contributed by atoms with van der Waals surface area (Å²) in [5, 5.41) is 8.25. The molecule has 1 saturated heterocycles. The minimum Gasteiger partial charge on any atom is -0.342 e. The normalized spacial score (nSPS) is 17.4. The van der Waals surface area contributed by atoms with Gasteiger partial charge in [-0.3, -0.25) is 9.59 Å². The highest BCUT2D eigenvalue weighted by Crippen LogP contribution is 2.21. The summed E-state index contributed by atoms with van der Waals surface area (Å²) in [5.41, 5.74) is 1.75. The number of piperidine rings is 1. The first kappa shape index (κ1) is 17.4. The van der Waals surface area contributed by atoms with Crippen molar-refractivity contribution in [3.63, 3.8) is 0 Å². The molecular formula is C19H22N6O2. The van der Waals surface area contributed by atoms with Crippen LogP contribution in [-0.2, 0) is 18.4 Å². The smallest absolute Gasteiger partial charge is 0.224 e. The van der Waals surface area contributed by atoms with Crippen LogP contribution in [0.1, 0.15) is 29.9 Å². The van der Waals surface area contributed by atoms with Crippen LogP contribution in [0.25, 0.3) is 11.0 Å². The molecule has 8 nitrogen and oxygen atoms in total. The molecule has 1 atom stereocenters. The van der Waals surface area contributed by atoms with Gasteiger partial charge < -0.3 is 9.47 Å². The summed E-state index contributed by atoms with van der Waals surface area (Å²) in [6.07, 6.45) is 5.36. The van der Waals surface area contributed by atoms with Gasteiger partial charge >= 0.3 is 0 Å². The summed E-state index contributed by atoms with van der Waals surface area (Å²) in [6, 6.07) is 7.70. The number of rotatable bonds is 5. The zero-order valence-corrected chi connectivity index (χ0v) is 15.3. The first-order valence-corrected chi connectivity index (χ1v) is 9.21. The number of nitrogens with zero attached hydrogens (tertiary/aromatic N) is 6. The third-order valence-corrected chi connectivity index (χ3v) is 5.14. The Kier molecular flexibility index (Phi) is 4.70. The van der Waals surface area contributed by atoms with Gasteiger partial charge in [-0.05, 0) is 25.0 Å². The quantitative estimate of drug-likeness (QED) is 0.641. The van der Waals surface area contributed by atoms with Gasteiger partial charge in [-0.1, -0.05) is 17.3 Å². The first-order valence-electron chi connectivity index (χ1n) is 9.21. The van der Waals surface area contributed by atoms with Crippen molar-refractivity contribution in [2.75, 3.05) is 13.1 Å². The maximum atomic E-state index is 12.7. The molecule has 8 heteroatoms. The van der Waals surface area contributed by atoms with E-state index in [0.29, 0.717) is 31.9 Å². The van der Waals surface area contributed by atoms with Crippen LogP contribution in [0, 0.1) is 5.92 Å². The summed E-state index contributed by atoms with van der Waals surface area (Å²) < 4.78 is 3.49. The molecule has 1 fully saturated rings. The molecule has 0 aliphatic carbocycles. The fourth-order valence-electron chi connectivity index (χ4n) is 3.65. The third-order valence-electron chi connectivity index (χ3n) is 5.14. The van der Waals surface area contributed by atoms with Crippen LogP contribution in [0.3, 0.4) is 0 Å². The van der Waals surface area contributed by atoms with E-state index in [9.17, 15) is 9.59 Å². The highest BCUT2D eigenvalue weighted by molar-refractivity contribution is 5.95. The number of carbonyl (C=O) groups excluding carboxylic acids is 2. The largest absolute Gasteiger partial charge is 0.342 e. The molecule has 140 valence electrons. The molecule has 0 bridgehead atoms. The Morgan fingerprint density at radius 1 is 1.26 bits per heavy atom. The number of ketones is 1. The van der Waals surface area contributed by atoms with Gasteiger partial charge in [0.25, 0.3) is 0 Å².